The van der Waals surface area contributed by atoms with Crippen LogP contribution in [0.4, 0.5) is 10.8 Å². The molecule has 2 N–H and O–H groups in total. The van der Waals surface area contributed by atoms with Gasteiger partial charge in [-0.25, -0.2) is 9.78 Å². The van der Waals surface area contributed by atoms with Gasteiger partial charge in [-0.1, -0.05) is 22.9 Å². The zero-order valence-electron chi connectivity index (χ0n) is 14.5. The third-order valence-corrected chi connectivity index (χ3v) is 5.39. The molecule has 29 heavy (non-hydrogen) atoms. The van der Waals surface area contributed by atoms with Crippen LogP contribution in [0.3, 0.4) is 0 Å². The molecule has 140 valence electrons. The van der Waals surface area contributed by atoms with Crippen molar-refractivity contribution < 1.29 is 9.90 Å². The SMILES string of the molecule is O=C(O)c1cccn2c(-c3ccc(Nc4nc5c#cc(Cl)cc5s4)cc3)nnc12. The van der Waals surface area contributed by atoms with Crippen LogP contribution >= 0.6 is 22.9 Å². The van der Waals surface area contributed by atoms with Gasteiger partial charge >= 0.3 is 5.97 Å². The number of nitrogens with zero attached hydrogens (tertiary/aromatic N) is 4. The van der Waals surface area contributed by atoms with E-state index >= 15 is 0 Å². The summed E-state index contributed by atoms with van der Waals surface area (Å²) in [5.41, 5.74) is 2.78. The molecule has 0 spiro atoms. The van der Waals surface area contributed by atoms with Crippen LogP contribution in [-0.2, 0) is 0 Å². The summed E-state index contributed by atoms with van der Waals surface area (Å²) >= 11 is 7.42. The molecule has 0 saturated carbocycles. The third kappa shape index (κ3) is 3.12. The fourth-order valence-corrected chi connectivity index (χ4v) is 4.05. The number of thiazole rings is 1. The molecule has 0 radical (unpaired) electrons. The Bertz CT molecular complexity index is 1380. The van der Waals surface area contributed by atoms with Gasteiger partial charge in [-0.2, -0.15) is 0 Å². The fourth-order valence-electron chi connectivity index (χ4n) is 2.95. The minimum Gasteiger partial charge on any atom is -0.478 e. The van der Waals surface area contributed by atoms with Crippen LogP contribution in [0.2, 0.25) is 5.02 Å². The highest BCUT2D eigenvalue weighted by Gasteiger charge is 2.15. The van der Waals surface area contributed by atoms with Gasteiger partial charge < -0.3 is 10.4 Å². The summed E-state index contributed by atoms with van der Waals surface area (Å²) in [5, 5.41) is 22.0. The Morgan fingerprint density at radius 3 is 2.79 bits per heavy atom. The minimum absolute atomic E-state index is 0.106. The number of anilines is 2. The van der Waals surface area contributed by atoms with Crippen LogP contribution in [-0.4, -0.2) is 30.7 Å². The predicted octanol–water partition coefficient (Wildman–Crippen LogP) is 4.70. The van der Waals surface area contributed by atoms with Crippen LogP contribution in [0.5, 0.6) is 0 Å². The average Bonchev–Trinajstić information content (AvgIpc) is 3.31. The lowest BCUT2D eigenvalue weighted by molar-refractivity contribution is 0.0698. The average molecular weight is 420 g/mol. The summed E-state index contributed by atoms with van der Waals surface area (Å²) in [6.45, 7) is 0. The molecule has 0 unspecified atom stereocenters. The lowest BCUT2D eigenvalue weighted by Gasteiger charge is -2.04. The number of benzene rings is 1. The summed E-state index contributed by atoms with van der Waals surface area (Å²) < 4.78 is 2.59. The topological polar surface area (TPSA) is 92.4 Å². The maximum absolute atomic E-state index is 11.4. The van der Waals surface area contributed by atoms with Gasteiger partial charge in [-0.05, 0) is 54.6 Å². The van der Waals surface area contributed by atoms with Crippen molar-refractivity contribution in [1.29, 1.82) is 0 Å². The Morgan fingerprint density at radius 2 is 2.00 bits per heavy atom. The van der Waals surface area contributed by atoms with Crippen LogP contribution in [0, 0.1) is 12.1 Å². The quantitative estimate of drug-likeness (QED) is 0.438. The molecule has 0 fully saturated rings. The fraction of sp³-hybridized carbons (Fsp3) is 0. The Labute approximate surface area is 173 Å². The number of nitrogens with one attached hydrogen (secondary N) is 1. The number of carboxylic acid groups (broad SMARTS) is 1. The standard InChI is InChI=1S/C20H10ClN5O2S/c21-12-5-8-15-16(10-12)29-20(23-15)22-13-6-3-11(4-7-13)17-24-25-18-14(19(27)28)2-1-9-26(17)18/h1-4,6-7,9-10H,(H,22,23)(H,27,28). The van der Waals surface area contributed by atoms with Crippen LogP contribution in [0.25, 0.3) is 27.3 Å². The number of carboxylic acids is 1. The highest BCUT2D eigenvalue weighted by atomic mass is 35.5. The van der Waals surface area contributed by atoms with Crippen molar-refractivity contribution in [3.8, 4) is 11.4 Å². The highest BCUT2D eigenvalue weighted by molar-refractivity contribution is 7.22. The number of carbonyl (C=O) groups is 1. The number of halogens is 1. The van der Waals surface area contributed by atoms with E-state index in [9.17, 15) is 9.90 Å². The number of aromatic nitrogens is 4. The Kier molecular flexibility index (Phi) is 4.05. The molecule has 0 atom stereocenters. The summed E-state index contributed by atoms with van der Waals surface area (Å²) in [4.78, 5) is 15.8. The molecular weight excluding hydrogens is 410 g/mol. The van der Waals surface area contributed by atoms with Gasteiger partial charge in [0, 0.05) is 17.4 Å². The first-order valence-corrected chi connectivity index (χ1v) is 9.62. The van der Waals surface area contributed by atoms with Gasteiger partial charge in [0.25, 0.3) is 0 Å². The van der Waals surface area contributed by atoms with E-state index in [4.69, 9.17) is 11.6 Å². The second kappa shape index (κ2) is 6.74. The van der Waals surface area contributed by atoms with Crippen molar-refractivity contribution in [2.24, 2.45) is 0 Å². The minimum atomic E-state index is -1.04. The number of pyridine rings is 1. The molecule has 2 aromatic carbocycles. The summed E-state index contributed by atoms with van der Waals surface area (Å²) in [7, 11) is 0. The van der Waals surface area contributed by atoms with Crippen molar-refractivity contribution in [3.63, 3.8) is 0 Å². The van der Waals surface area contributed by atoms with Gasteiger partial charge in [-0.3, -0.25) is 4.40 Å². The lowest BCUT2D eigenvalue weighted by Crippen LogP contribution is -2.00. The van der Waals surface area contributed by atoms with Crippen molar-refractivity contribution in [3.05, 3.63) is 71.4 Å². The molecule has 0 bridgehead atoms. The molecule has 0 aliphatic carbocycles. The Balaban J connectivity index is 1.45. The molecule has 3 aromatic heterocycles. The molecule has 0 aliphatic heterocycles. The molecule has 5 rings (SSSR count). The lowest BCUT2D eigenvalue weighted by atomic mass is 10.2. The van der Waals surface area contributed by atoms with E-state index in [1.807, 2.05) is 24.3 Å². The van der Waals surface area contributed by atoms with E-state index in [-0.39, 0.29) is 5.56 Å². The Morgan fingerprint density at radius 1 is 1.17 bits per heavy atom. The molecule has 7 nitrogen and oxygen atoms in total. The molecular formula is C20H10ClN5O2S. The second-order valence-electron chi connectivity index (χ2n) is 6.12. The van der Waals surface area contributed by atoms with E-state index in [0.29, 0.717) is 22.0 Å². The highest BCUT2D eigenvalue weighted by Crippen LogP contribution is 2.29. The first-order valence-electron chi connectivity index (χ1n) is 8.43. The summed E-state index contributed by atoms with van der Waals surface area (Å²) in [5.74, 6) is -0.476. The molecule has 0 saturated heterocycles. The van der Waals surface area contributed by atoms with Crippen LogP contribution in [0.1, 0.15) is 10.4 Å². The number of fused-ring (bicyclic) bond motifs is 2. The van der Waals surface area contributed by atoms with Crippen molar-refractivity contribution in [2.75, 3.05) is 5.32 Å². The van der Waals surface area contributed by atoms with E-state index in [1.54, 1.807) is 22.7 Å². The van der Waals surface area contributed by atoms with E-state index in [1.165, 1.54) is 17.4 Å². The molecule has 0 amide bonds. The monoisotopic (exact) mass is 419 g/mol. The van der Waals surface area contributed by atoms with E-state index in [2.05, 4.69) is 32.6 Å². The number of hydrogen-bond acceptors (Lipinski definition) is 6. The Hall–Kier alpha value is -3.67. The zero-order valence-corrected chi connectivity index (χ0v) is 16.1. The van der Waals surface area contributed by atoms with Crippen LogP contribution < -0.4 is 5.32 Å². The van der Waals surface area contributed by atoms with Crippen molar-refractivity contribution in [2.45, 2.75) is 0 Å². The van der Waals surface area contributed by atoms with Gasteiger partial charge in [-0.15, -0.1) is 10.2 Å². The molecule has 5 aromatic rings. The maximum Gasteiger partial charge on any atom is 0.339 e. The number of aromatic carboxylic acids is 1. The zero-order chi connectivity index (χ0) is 20.0. The second-order valence-corrected chi connectivity index (χ2v) is 7.56. The predicted molar refractivity (Wildman–Crippen MR) is 111 cm³/mol. The van der Waals surface area contributed by atoms with Gasteiger partial charge in [0.05, 0.1) is 9.72 Å². The van der Waals surface area contributed by atoms with E-state index < -0.39 is 5.97 Å². The maximum atomic E-state index is 11.4. The third-order valence-electron chi connectivity index (χ3n) is 4.27. The summed E-state index contributed by atoms with van der Waals surface area (Å²) in [6.07, 6.45) is 1.74. The first kappa shape index (κ1) is 17.4. The number of rotatable bonds is 4. The molecule has 3 heterocycles. The normalized spacial score (nSPS) is 10.9. The first-order chi connectivity index (χ1) is 14.1. The molecule has 0 aliphatic rings. The largest absolute Gasteiger partial charge is 0.478 e. The van der Waals surface area contributed by atoms with Gasteiger partial charge in [0.1, 0.15) is 11.1 Å². The molecule has 9 heteroatoms. The van der Waals surface area contributed by atoms with Crippen LogP contribution in [0.15, 0.2) is 48.7 Å². The van der Waals surface area contributed by atoms with Gasteiger partial charge in [0.15, 0.2) is 16.6 Å². The van der Waals surface area contributed by atoms with Gasteiger partial charge in [0.2, 0.25) is 0 Å². The van der Waals surface area contributed by atoms with Crippen molar-refractivity contribution >= 4 is 55.6 Å². The smallest absolute Gasteiger partial charge is 0.339 e. The number of hydrogen-bond donors (Lipinski definition) is 2. The van der Waals surface area contributed by atoms with Crippen molar-refractivity contribution in [1.82, 2.24) is 19.6 Å². The van der Waals surface area contributed by atoms with E-state index in [0.717, 1.165) is 21.1 Å². The summed E-state index contributed by atoms with van der Waals surface area (Å²) in [6, 6.07) is 18.3.